The van der Waals surface area contributed by atoms with Crippen LogP contribution in [0, 0.1) is 0 Å². The van der Waals surface area contributed by atoms with Gasteiger partial charge in [0.25, 0.3) is 0 Å². The Morgan fingerprint density at radius 3 is 1.41 bits per heavy atom. The van der Waals surface area contributed by atoms with Crippen LogP contribution in [0.15, 0.2) is 36.4 Å². The first-order chi connectivity index (χ1) is 14.3. The van der Waals surface area contributed by atoms with E-state index in [4.69, 9.17) is 4.74 Å². The Hall–Kier alpha value is -1.06. The summed E-state index contributed by atoms with van der Waals surface area (Å²) in [5.41, 5.74) is 6.26. The molecule has 2 aliphatic carbocycles. The molecule has 4 aliphatic rings. The maximum absolute atomic E-state index is 6.35. The quantitative estimate of drug-likeness (QED) is 0.610. The van der Waals surface area contributed by atoms with Crippen LogP contribution in [0.25, 0.3) is 0 Å². The summed E-state index contributed by atoms with van der Waals surface area (Å²) >= 11 is 0. The van der Waals surface area contributed by atoms with Crippen molar-refractivity contribution in [2.75, 3.05) is 23.0 Å². The van der Waals surface area contributed by atoms with Crippen LogP contribution in [-0.4, -0.2) is 33.5 Å². The number of rotatable bonds is 4. The van der Waals surface area contributed by atoms with Crippen molar-refractivity contribution in [3.8, 4) is 11.5 Å². The molecular formula is C26H32OS2+2. The second kappa shape index (κ2) is 7.89. The van der Waals surface area contributed by atoms with Crippen LogP contribution in [0.3, 0.4) is 0 Å². The lowest BCUT2D eigenvalue weighted by Gasteiger charge is -2.09. The van der Waals surface area contributed by atoms with Crippen LogP contribution in [0.4, 0.5) is 0 Å². The fourth-order valence-electron chi connectivity index (χ4n) is 5.86. The Morgan fingerprint density at radius 2 is 0.966 bits per heavy atom. The first-order valence-electron chi connectivity index (χ1n) is 11.6. The molecule has 0 bridgehead atoms. The summed E-state index contributed by atoms with van der Waals surface area (Å²) in [5, 5.41) is 1.83. The number of hydrogen-bond acceptors (Lipinski definition) is 1. The molecule has 3 heteroatoms. The molecule has 29 heavy (non-hydrogen) atoms. The summed E-state index contributed by atoms with van der Waals surface area (Å²) in [6.07, 6.45) is 11.0. The van der Waals surface area contributed by atoms with Crippen molar-refractivity contribution in [2.24, 2.45) is 0 Å². The fraction of sp³-hybridized carbons (Fsp3) is 0.538. The predicted molar refractivity (Wildman–Crippen MR) is 128 cm³/mol. The minimum Gasteiger partial charge on any atom is -0.457 e. The molecule has 0 spiro atoms. The molecular weight excluding hydrogens is 392 g/mol. The van der Waals surface area contributed by atoms with E-state index in [1.807, 2.05) is 0 Å². The third-order valence-electron chi connectivity index (χ3n) is 7.45. The van der Waals surface area contributed by atoms with Crippen LogP contribution >= 0.6 is 0 Å². The number of benzene rings is 2. The van der Waals surface area contributed by atoms with Gasteiger partial charge in [0.15, 0.2) is 0 Å². The van der Waals surface area contributed by atoms with Crippen molar-refractivity contribution in [3.63, 3.8) is 0 Å². The highest BCUT2D eigenvalue weighted by molar-refractivity contribution is 7.98. The van der Waals surface area contributed by atoms with Crippen molar-refractivity contribution < 1.29 is 4.74 Å². The summed E-state index contributed by atoms with van der Waals surface area (Å²) < 4.78 is 6.35. The van der Waals surface area contributed by atoms with Gasteiger partial charge in [-0.15, -0.1) is 0 Å². The van der Waals surface area contributed by atoms with E-state index >= 15 is 0 Å². The van der Waals surface area contributed by atoms with E-state index in [0.29, 0.717) is 21.8 Å². The molecule has 2 heterocycles. The zero-order valence-electron chi connectivity index (χ0n) is 17.3. The first-order valence-corrected chi connectivity index (χ1v) is 14.8. The van der Waals surface area contributed by atoms with Gasteiger partial charge in [-0.1, -0.05) is 12.1 Å². The van der Waals surface area contributed by atoms with Crippen LogP contribution in [-0.2, 0) is 47.5 Å². The highest BCUT2D eigenvalue weighted by atomic mass is 32.2. The summed E-state index contributed by atoms with van der Waals surface area (Å²) in [7, 11) is 1.36. The second-order valence-corrected chi connectivity index (χ2v) is 14.4. The van der Waals surface area contributed by atoms with Gasteiger partial charge in [0, 0.05) is 25.7 Å². The smallest absolute Gasteiger partial charge is 0.127 e. The molecule has 2 atom stereocenters. The van der Waals surface area contributed by atoms with Crippen LogP contribution in [0.1, 0.15) is 47.9 Å². The molecule has 0 N–H and O–H groups in total. The maximum atomic E-state index is 6.35. The molecule has 2 fully saturated rings. The van der Waals surface area contributed by atoms with Crippen LogP contribution in [0.5, 0.6) is 11.5 Å². The van der Waals surface area contributed by atoms with Crippen molar-refractivity contribution in [1.82, 2.24) is 0 Å². The Labute approximate surface area is 181 Å². The van der Waals surface area contributed by atoms with Gasteiger partial charge < -0.3 is 4.74 Å². The van der Waals surface area contributed by atoms with Gasteiger partial charge in [0.05, 0.1) is 0 Å². The lowest BCUT2D eigenvalue weighted by atomic mass is 10.1. The fourth-order valence-corrected chi connectivity index (χ4v) is 11.6. The molecule has 152 valence electrons. The first kappa shape index (κ1) is 18.7. The zero-order chi connectivity index (χ0) is 19.2. The minimum atomic E-state index is 0.682. The monoisotopic (exact) mass is 424 g/mol. The molecule has 2 aromatic rings. The minimum absolute atomic E-state index is 0.682. The van der Waals surface area contributed by atoms with E-state index in [9.17, 15) is 0 Å². The largest absolute Gasteiger partial charge is 0.457 e. The molecule has 0 amide bonds. The Bertz CT molecular complexity index is 822. The molecule has 0 aromatic heterocycles. The molecule has 1 nitrogen and oxygen atoms in total. The lowest BCUT2D eigenvalue weighted by Crippen LogP contribution is -2.23. The highest BCUT2D eigenvalue weighted by Gasteiger charge is 2.39. The third-order valence-corrected chi connectivity index (χ3v) is 13.3. The standard InChI is InChI=1S/C26H32OS2/c1-2-10-28(9-1)25-15-19-5-7-23(13-21(19)17-25)27-24-8-6-20-16-26(18-22(20)14-24)29-11-3-4-12-29/h5-8,13-14,25-26H,1-4,9-12,15-18H2/q+2. The highest BCUT2D eigenvalue weighted by Crippen LogP contribution is 2.36. The van der Waals surface area contributed by atoms with Crippen molar-refractivity contribution in [2.45, 2.75) is 61.9 Å². The zero-order valence-corrected chi connectivity index (χ0v) is 19.0. The normalized spacial score (nSPS) is 26.8. The number of fused-ring (bicyclic) bond motifs is 2. The van der Waals surface area contributed by atoms with Crippen LogP contribution < -0.4 is 4.74 Å². The van der Waals surface area contributed by atoms with E-state index in [1.165, 1.54) is 74.4 Å². The lowest BCUT2D eigenvalue weighted by molar-refractivity contribution is 0.481. The summed E-state index contributed by atoms with van der Waals surface area (Å²) in [6.45, 7) is 0. The molecule has 2 aromatic carbocycles. The topological polar surface area (TPSA) is 9.23 Å². The summed E-state index contributed by atoms with van der Waals surface area (Å²) in [4.78, 5) is 0. The van der Waals surface area contributed by atoms with E-state index in [1.54, 1.807) is 22.3 Å². The molecule has 6 rings (SSSR count). The van der Waals surface area contributed by atoms with Crippen LogP contribution in [0.2, 0.25) is 0 Å². The van der Waals surface area contributed by atoms with E-state index in [-0.39, 0.29) is 0 Å². The predicted octanol–water partition coefficient (Wildman–Crippen LogP) is 5.24. The number of hydrogen-bond donors (Lipinski definition) is 0. The molecule has 2 aliphatic heterocycles. The average Bonchev–Trinajstić information content (AvgIpc) is 3.53. The summed E-state index contributed by atoms with van der Waals surface area (Å²) in [5.74, 6) is 8.01. The van der Waals surface area contributed by atoms with Gasteiger partial charge in [0.1, 0.15) is 45.0 Å². The van der Waals surface area contributed by atoms with Crippen molar-refractivity contribution in [1.29, 1.82) is 0 Å². The van der Waals surface area contributed by atoms with Crippen molar-refractivity contribution >= 4 is 21.8 Å². The van der Waals surface area contributed by atoms with Gasteiger partial charge in [-0.2, -0.15) is 0 Å². The second-order valence-electron chi connectivity index (χ2n) is 9.33. The summed E-state index contributed by atoms with van der Waals surface area (Å²) in [6, 6.07) is 13.8. The van der Waals surface area contributed by atoms with Gasteiger partial charge in [-0.3, -0.25) is 0 Å². The maximum Gasteiger partial charge on any atom is 0.127 e. The van der Waals surface area contributed by atoms with Gasteiger partial charge in [-0.05, 0) is 94.0 Å². The van der Waals surface area contributed by atoms with E-state index < -0.39 is 0 Å². The van der Waals surface area contributed by atoms with E-state index in [0.717, 1.165) is 22.0 Å². The van der Waals surface area contributed by atoms with Gasteiger partial charge in [0.2, 0.25) is 0 Å². The molecule has 0 saturated carbocycles. The molecule has 2 unspecified atom stereocenters. The number of ether oxygens (including phenoxy) is 1. The van der Waals surface area contributed by atoms with Gasteiger partial charge >= 0.3 is 0 Å². The molecule has 2 saturated heterocycles. The molecule has 0 radical (unpaired) electrons. The average molecular weight is 425 g/mol. The Balaban J connectivity index is 1.14. The van der Waals surface area contributed by atoms with Gasteiger partial charge in [-0.25, -0.2) is 0 Å². The van der Waals surface area contributed by atoms with Crippen molar-refractivity contribution in [3.05, 3.63) is 58.7 Å². The SMILES string of the molecule is c1cc2c(cc1Oc1ccc3c(c1)CC([S+]1CCCC1)C3)CC([S+]1CCCC1)C2. The Kier molecular flexibility index (Phi) is 5.08. The van der Waals surface area contributed by atoms with E-state index in [2.05, 4.69) is 36.4 Å². The third kappa shape index (κ3) is 3.74. The Morgan fingerprint density at radius 1 is 0.552 bits per heavy atom.